The SMILES string of the molecule is CC.CC.CC.CC.CC.CC.CC(C)C1=C(C(C)C)CCC1.CC(C)C1=C(C(C)C)CCCC1.CC(C)C1=C(C(C)C)CCCC1.CC(C)C1=C(C(C)C)CCCCC1.CC(C)C1=C(C(C)C)COCC1.CC(C)c1ccccc1C(C)C. The van der Waals surface area contributed by atoms with Gasteiger partial charge in [0.15, 0.2) is 0 Å². The Morgan fingerprint density at radius 2 is 0.393 bits per heavy atom. The summed E-state index contributed by atoms with van der Waals surface area (Å²) in [6.07, 6.45) is 23.4. The highest BCUT2D eigenvalue weighted by Crippen LogP contribution is 2.37. The maximum Gasteiger partial charge on any atom is 0.0682 e. The predicted molar refractivity (Wildman–Crippen MR) is 396 cm³/mol. The number of allylic oxidation sites excluding steroid dienone is 8. The van der Waals surface area contributed by atoms with E-state index in [-0.39, 0.29) is 0 Å². The van der Waals surface area contributed by atoms with Crippen molar-refractivity contribution >= 4 is 0 Å². The molecule has 4 aliphatic carbocycles. The maximum absolute atomic E-state index is 5.47. The zero-order valence-electron chi connectivity index (χ0n) is 65.1. The van der Waals surface area contributed by atoms with Gasteiger partial charge in [0.25, 0.3) is 0 Å². The van der Waals surface area contributed by atoms with Crippen molar-refractivity contribution in [3.63, 3.8) is 0 Å². The maximum atomic E-state index is 5.47. The number of rotatable bonds is 12. The standard InChI is InChI=1S/C13H24.2C12H22.C12H18.C11H20O.C11H20.6C2H6/c1-10(2)12-8-6-5-7-9-13(12)11(3)4;3*1-9(2)11-7-5-6-8-12(11)10(3)4;1-8(2)10-5-6-12-7-11(10)9(3)4;1-8(2)10-6-5-7-11(10)9(3)4;6*1-2/h10-11H,5-9H2,1-4H3;2*9-10H,5-8H2,1-4H3;5-10H,1-4H3;8-9H,5-7H2,1-4H3;8-9H,5-7H2,1-4H3;6*1-2H3. The average molecular weight is 1180 g/mol. The number of benzene rings is 1. The molecular formula is C83H162O. The molecule has 0 unspecified atom stereocenters. The molecule has 1 nitrogen and oxygen atoms in total. The van der Waals surface area contributed by atoms with Gasteiger partial charge in [-0.15, -0.1) is 0 Å². The lowest BCUT2D eigenvalue weighted by molar-refractivity contribution is 0.136. The summed E-state index contributed by atoms with van der Waals surface area (Å²) in [5.74, 6) is 8.88. The van der Waals surface area contributed by atoms with Crippen LogP contribution in [0.1, 0.15) is 381 Å². The van der Waals surface area contributed by atoms with Gasteiger partial charge in [0, 0.05) is 0 Å². The van der Waals surface area contributed by atoms with Crippen molar-refractivity contribution in [1.82, 2.24) is 0 Å². The zero-order valence-corrected chi connectivity index (χ0v) is 65.1. The van der Waals surface area contributed by atoms with Crippen LogP contribution in [0, 0.1) is 59.2 Å². The highest BCUT2D eigenvalue weighted by Gasteiger charge is 2.21. The second-order valence-corrected chi connectivity index (χ2v) is 26.4. The zero-order chi connectivity index (χ0) is 66.8. The Morgan fingerprint density at radius 1 is 0.214 bits per heavy atom. The Morgan fingerprint density at radius 3 is 0.571 bits per heavy atom. The van der Waals surface area contributed by atoms with Crippen molar-refractivity contribution in [2.45, 2.75) is 370 Å². The minimum atomic E-state index is 0.642. The molecule has 0 amide bonds. The second kappa shape index (κ2) is 58.6. The van der Waals surface area contributed by atoms with Gasteiger partial charge in [0.1, 0.15) is 0 Å². The molecule has 0 N–H and O–H groups in total. The van der Waals surface area contributed by atoms with Gasteiger partial charge in [-0.25, -0.2) is 0 Å². The van der Waals surface area contributed by atoms with Crippen LogP contribution in [0.25, 0.3) is 0 Å². The Kier molecular flexibility index (Phi) is 64.8. The van der Waals surface area contributed by atoms with Gasteiger partial charge in [-0.1, -0.05) is 330 Å². The Hall–Kier alpha value is -2.12. The predicted octanol–water partition coefficient (Wildman–Crippen LogP) is 29.8. The van der Waals surface area contributed by atoms with Crippen LogP contribution < -0.4 is 0 Å². The first-order valence-corrected chi connectivity index (χ1v) is 37.0. The molecule has 0 saturated heterocycles. The van der Waals surface area contributed by atoms with E-state index in [1.165, 1.54) is 119 Å². The summed E-state index contributed by atoms with van der Waals surface area (Å²) in [6, 6.07) is 8.72. The van der Waals surface area contributed by atoms with Crippen LogP contribution in [0.4, 0.5) is 0 Å². The molecular weight excluding hydrogens is 1010 g/mol. The first-order chi connectivity index (χ1) is 39.8. The van der Waals surface area contributed by atoms with E-state index in [9.17, 15) is 0 Å². The molecule has 6 rings (SSSR count). The normalized spacial score (nSPS) is 16.0. The summed E-state index contributed by atoms with van der Waals surface area (Å²) < 4.78 is 5.47. The number of hydrogen-bond donors (Lipinski definition) is 0. The molecule has 1 aromatic carbocycles. The molecule has 0 atom stereocenters. The smallest absolute Gasteiger partial charge is 0.0682 e. The molecule has 84 heavy (non-hydrogen) atoms. The van der Waals surface area contributed by atoms with E-state index in [2.05, 4.69) is 190 Å². The van der Waals surface area contributed by atoms with Crippen LogP contribution in [0.5, 0.6) is 0 Å². The van der Waals surface area contributed by atoms with Crippen LogP contribution in [-0.4, -0.2) is 13.2 Å². The van der Waals surface area contributed by atoms with E-state index >= 15 is 0 Å². The van der Waals surface area contributed by atoms with Crippen LogP contribution in [0.15, 0.2) is 80.0 Å². The fraction of sp³-hybridized carbons (Fsp3) is 0.807. The number of hydrogen-bond acceptors (Lipinski definition) is 1. The molecule has 1 heterocycles. The summed E-state index contributed by atoms with van der Waals surface area (Å²) in [5.41, 5.74) is 20.2. The highest BCUT2D eigenvalue weighted by molar-refractivity contribution is 5.32. The quantitative estimate of drug-likeness (QED) is 0.190. The first kappa shape index (κ1) is 93.0. The third-order valence-electron chi connectivity index (χ3n) is 16.6. The van der Waals surface area contributed by atoms with E-state index in [1.807, 2.05) is 83.1 Å². The molecule has 0 bridgehead atoms. The molecule has 1 aliphatic heterocycles. The number of ether oxygens (including phenoxy) is 1. The fourth-order valence-electron chi connectivity index (χ4n) is 12.5. The van der Waals surface area contributed by atoms with Crippen molar-refractivity contribution in [2.75, 3.05) is 13.2 Å². The van der Waals surface area contributed by atoms with Gasteiger partial charge in [0.05, 0.1) is 13.2 Å². The van der Waals surface area contributed by atoms with E-state index in [0.29, 0.717) is 23.7 Å². The Balaban J connectivity index is -0.000000209. The molecule has 0 aromatic heterocycles. The summed E-state index contributed by atoms with van der Waals surface area (Å²) in [6.45, 7) is 81.2. The van der Waals surface area contributed by atoms with E-state index in [0.717, 1.165) is 67.0 Å². The summed E-state index contributed by atoms with van der Waals surface area (Å²) in [7, 11) is 0. The lowest BCUT2D eigenvalue weighted by Gasteiger charge is -2.25. The van der Waals surface area contributed by atoms with Crippen LogP contribution in [-0.2, 0) is 4.74 Å². The van der Waals surface area contributed by atoms with Crippen molar-refractivity contribution in [2.24, 2.45) is 59.2 Å². The van der Waals surface area contributed by atoms with Crippen molar-refractivity contribution < 1.29 is 4.74 Å². The molecule has 0 radical (unpaired) electrons. The fourth-order valence-corrected chi connectivity index (χ4v) is 12.5. The van der Waals surface area contributed by atoms with Gasteiger partial charge < -0.3 is 4.74 Å². The van der Waals surface area contributed by atoms with Gasteiger partial charge in [0.2, 0.25) is 0 Å². The van der Waals surface area contributed by atoms with Crippen molar-refractivity contribution in [1.29, 1.82) is 0 Å². The Labute approximate surface area is 535 Å². The van der Waals surface area contributed by atoms with Crippen LogP contribution in [0.2, 0.25) is 0 Å². The molecule has 1 heteroatoms. The third-order valence-corrected chi connectivity index (χ3v) is 16.6. The summed E-state index contributed by atoms with van der Waals surface area (Å²) in [5, 5.41) is 0. The topological polar surface area (TPSA) is 9.23 Å². The molecule has 0 fully saturated rings. The molecule has 0 spiro atoms. The van der Waals surface area contributed by atoms with Crippen molar-refractivity contribution in [3.8, 4) is 0 Å². The minimum absolute atomic E-state index is 0.642. The van der Waals surface area contributed by atoms with Crippen LogP contribution >= 0.6 is 0 Å². The lowest BCUT2D eigenvalue weighted by atomic mass is 9.81. The monoisotopic (exact) mass is 1180 g/mol. The summed E-state index contributed by atoms with van der Waals surface area (Å²) >= 11 is 0. The van der Waals surface area contributed by atoms with Gasteiger partial charge in [-0.2, -0.15) is 0 Å². The van der Waals surface area contributed by atoms with E-state index in [4.69, 9.17) is 4.74 Å². The Bertz CT molecular complexity index is 1580. The van der Waals surface area contributed by atoms with E-state index < -0.39 is 0 Å². The highest BCUT2D eigenvalue weighted by atomic mass is 16.5. The van der Waals surface area contributed by atoms with Gasteiger partial charge in [-0.3, -0.25) is 0 Å². The van der Waals surface area contributed by atoms with Gasteiger partial charge >= 0.3 is 0 Å². The minimum Gasteiger partial charge on any atom is -0.377 e. The van der Waals surface area contributed by atoms with Crippen LogP contribution in [0.3, 0.4) is 0 Å². The van der Waals surface area contributed by atoms with Crippen molar-refractivity contribution in [3.05, 3.63) is 91.1 Å². The largest absolute Gasteiger partial charge is 0.377 e. The molecule has 5 aliphatic rings. The molecule has 0 saturated carbocycles. The third kappa shape index (κ3) is 39.7. The molecule has 500 valence electrons. The van der Waals surface area contributed by atoms with Gasteiger partial charge in [-0.05, 0) is 190 Å². The lowest BCUT2D eigenvalue weighted by Crippen LogP contribution is -2.17. The average Bonchev–Trinajstić information content (AvgIpc) is 3.96. The summed E-state index contributed by atoms with van der Waals surface area (Å²) in [4.78, 5) is 0. The first-order valence-electron chi connectivity index (χ1n) is 37.0. The van der Waals surface area contributed by atoms with E-state index in [1.54, 1.807) is 50.2 Å². The second-order valence-electron chi connectivity index (χ2n) is 26.4. The molecule has 1 aromatic rings.